The molecule has 1 saturated carbocycles. The molecule has 11 heteroatoms. The van der Waals surface area contributed by atoms with E-state index in [-0.39, 0.29) is 23.8 Å². The molecule has 40 heavy (non-hydrogen) atoms. The number of fused-ring (bicyclic) bond motifs is 1. The normalized spacial score (nSPS) is 13.5. The number of hydrogen-bond donors (Lipinski definition) is 2. The summed E-state index contributed by atoms with van der Waals surface area (Å²) in [6.45, 7) is 5.16. The van der Waals surface area contributed by atoms with Gasteiger partial charge in [-0.1, -0.05) is 12.8 Å². The molecule has 9 nitrogen and oxygen atoms in total. The first-order valence-electron chi connectivity index (χ1n) is 13.2. The lowest BCUT2D eigenvalue weighted by Crippen LogP contribution is -2.25. The van der Waals surface area contributed by atoms with Crippen molar-refractivity contribution in [1.82, 2.24) is 24.9 Å². The van der Waals surface area contributed by atoms with Crippen molar-refractivity contribution < 1.29 is 23.1 Å². The van der Waals surface area contributed by atoms with Crippen molar-refractivity contribution in [3.63, 3.8) is 0 Å². The molecule has 0 saturated heterocycles. The topological polar surface area (TPSA) is 111 Å². The maximum atomic E-state index is 14.6. The summed E-state index contributed by atoms with van der Waals surface area (Å²) >= 11 is 0. The third-order valence-corrected chi connectivity index (χ3v) is 7.01. The van der Waals surface area contributed by atoms with E-state index in [1.807, 2.05) is 6.92 Å². The maximum absolute atomic E-state index is 14.6. The highest BCUT2D eigenvalue weighted by molar-refractivity contribution is 5.96. The van der Waals surface area contributed by atoms with E-state index in [2.05, 4.69) is 25.7 Å². The van der Waals surface area contributed by atoms with Crippen molar-refractivity contribution in [3.8, 4) is 17.0 Å². The van der Waals surface area contributed by atoms with Gasteiger partial charge in [0, 0.05) is 36.4 Å². The van der Waals surface area contributed by atoms with E-state index >= 15 is 0 Å². The Morgan fingerprint density at radius 2 is 1.85 bits per heavy atom. The number of ether oxygens (including phenoxy) is 1. The number of benzene rings is 1. The molecule has 0 atom stereocenters. The van der Waals surface area contributed by atoms with Crippen LogP contribution in [0.3, 0.4) is 0 Å². The molecule has 208 valence electrons. The lowest BCUT2D eigenvalue weighted by atomic mass is 10.0. The first-order chi connectivity index (χ1) is 19.2. The minimum absolute atomic E-state index is 0.0375. The van der Waals surface area contributed by atoms with Crippen LogP contribution in [0.25, 0.3) is 16.9 Å². The summed E-state index contributed by atoms with van der Waals surface area (Å²) in [5.41, 5.74) is 3.41. The van der Waals surface area contributed by atoms with Gasteiger partial charge in [-0.2, -0.15) is 5.10 Å². The van der Waals surface area contributed by atoms with Crippen LogP contribution in [-0.4, -0.2) is 38.0 Å². The molecular weight excluding hydrogens is 518 g/mol. The van der Waals surface area contributed by atoms with E-state index in [9.17, 15) is 18.4 Å². The first kappa shape index (κ1) is 27.2. The third kappa shape index (κ3) is 5.93. The standard InChI is InChI=1S/C29H30F2N6O3/c1-16-22(25-8-9-27-35-26(34-18(3)38)14-37(27)36-25)12-23(17(2)33-16)29(39)32-13-20-10-21(30)11-24(31)28(20)40-15-19-6-4-5-7-19/h8-12,14,19H,4-7,13,15H2,1-3H3,(H,32,39)(H,34,38). The second-order valence-corrected chi connectivity index (χ2v) is 10.1. The van der Waals surface area contributed by atoms with Crippen LogP contribution in [0.2, 0.25) is 0 Å². The number of anilines is 1. The van der Waals surface area contributed by atoms with E-state index in [0.29, 0.717) is 52.2 Å². The minimum atomic E-state index is -0.791. The largest absolute Gasteiger partial charge is 0.490 e. The molecule has 4 aromatic rings. The monoisotopic (exact) mass is 548 g/mol. The molecule has 0 bridgehead atoms. The van der Waals surface area contributed by atoms with Crippen LogP contribution >= 0.6 is 0 Å². The molecule has 0 spiro atoms. The molecular formula is C29H30F2N6O3. The Morgan fingerprint density at radius 3 is 2.60 bits per heavy atom. The molecule has 2 N–H and O–H groups in total. The number of pyridine rings is 1. The Bertz CT molecular complexity index is 1600. The first-order valence-corrected chi connectivity index (χ1v) is 13.2. The Morgan fingerprint density at radius 1 is 1.07 bits per heavy atom. The molecule has 2 amide bonds. The Hall–Kier alpha value is -4.41. The summed E-state index contributed by atoms with van der Waals surface area (Å²) in [4.78, 5) is 33.5. The van der Waals surface area contributed by atoms with Crippen LogP contribution in [0.5, 0.6) is 5.75 Å². The van der Waals surface area contributed by atoms with Crippen LogP contribution in [0.1, 0.15) is 59.9 Å². The highest BCUT2D eigenvalue weighted by Gasteiger charge is 2.21. The number of rotatable bonds is 8. The third-order valence-electron chi connectivity index (χ3n) is 7.01. The lowest BCUT2D eigenvalue weighted by Gasteiger charge is -2.17. The fourth-order valence-corrected chi connectivity index (χ4v) is 5.04. The number of amides is 2. The van der Waals surface area contributed by atoms with Gasteiger partial charge in [0.25, 0.3) is 5.91 Å². The molecule has 3 heterocycles. The van der Waals surface area contributed by atoms with Crippen LogP contribution in [0.4, 0.5) is 14.6 Å². The van der Waals surface area contributed by atoms with Crippen LogP contribution in [0.15, 0.2) is 36.5 Å². The van der Waals surface area contributed by atoms with Gasteiger partial charge in [0.05, 0.1) is 29.8 Å². The van der Waals surface area contributed by atoms with Gasteiger partial charge in [-0.3, -0.25) is 14.6 Å². The van der Waals surface area contributed by atoms with Crippen molar-refractivity contribution >= 4 is 23.3 Å². The zero-order chi connectivity index (χ0) is 28.4. The summed E-state index contributed by atoms with van der Waals surface area (Å²) in [5, 5.41) is 9.96. The predicted molar refractivity (Wildman–Crippen MR) is 145 cm³/mol. The molecule has 3 aromatic heterocycles. The van der Waals surface area contributed by atoms with Gasteiger partial charge >= 0.3 is 0 Å². The molecule has 1 aliphatic carbocycles. The predicted octanol–water partition coefficient (Wildman–Crippen LogP) is 5.14. The van der Waals surface area contributed by atoms with Gasteiger partial charge < -0.3 is 15.4 Å². The molecule has 1 aromatic carbocycles. The molecule has 1 fully saturated rings. The number of hydrogen-bond acceptors (Lipinski definition) is 6. The van der Waals surface area contributed by atoms with E-state index in [1.54, 1.807) is 31.3 Å². The minimum Gasteiger partial charge on any atom is -0.490 e. The van der Waals surface area contributed by atoms with Crippen molar-refractivity contribution in [1.29, 1.82) is 0 Å². The second-order valence-electron chi connectivity index (χ2n) is 10.1. The van der Waals surface area contributed by atoms with Gasteiger partial charge in [-0.25, -0.2) is 18.3 Å². The number of aromatic nitrogens is 4. The zero-order valence-corrected chi connectivity index (χ0v) is 22.6. The quantitative estimate of drug-likeness (QED) is 0.315. The highest BCUT2D eigenvalue weighted by atomic mass is 19.1. The summed E-state index contributed by atoms with van der Waals surface area (Å²) in [6, 6.07) is 7.16. The average Bonchev–Trinajstić information content (AvgIpc) is 3.55. The van der Waals surface area contributed by atoms with E-state index < -0.39 is 17.5 Å². The molecule has 1 aliphatic rings. The van der Waals surface area contributed by atoms with Crippen LogP contribution < -0.4 is 15.4 Å². The van der Waals surface area contributed by atoms with Crippen molar-refractivity contribution in [2.45, 2.75) is 53.0 Å². The summed E-state index contributed by atoms with van der Waals surface area (Å²) in [7, 11) is 0. The van der Waals surface area contributed by atoms with E-state index in [1.165, 1.54) is 17.5 Å². The number of halogens is 2. The van der Waals surface area contributed by atoms with Crippen LogP contribution in [0, 0.1) is 31.4 Å². The smallest absolute Gasteiger partial charge is 0.253 e. The number of imidazole rings is 1. The summed E-state index contributed by atoms with van der Waals surface area (Å²) < 4.78 is 36.0. The Balaban J connectivity index is 1.37. The van der Waals surface area contributed by atoms with Crippen LogP contribution in [-0.2, 0) is 11.3 Å². The molecule has 5 rings (SSSR count). The van der Waals surface area contributed by atoms with Gasteiger partial charge in [0.1, 0.15) is 5.82 Å². The van der Waals surface area contributed by atoms with Gasteiger partial charge in [-0.05, 0) is 56.9 Å². The molecule has 0 unspecified atom stereocenters. The summed E-state index contributed by atoms with van der Waals surface area (Å²) in [6.07, 6.45) is 5.89. The molecule has 0 radical (unpaired) electrons. The van der Waals surface area contributed by atoms with E-state index in [4.69, 9.17) is 4.74 Å². The van der Waals surface area contributed by atoms with E-state index in [0.717, 1.165) is 31.7 Å². The number of aryl methyl sites for hydroxylation is 2. The number of carbonyl (C=O) groups is 2. The number of nitrogens with zero attached hydrogens (tertiary/aromatic N) is 4. The Kier molecular flexibility index (Phi) is 7.72. The van der Waals surface area contributed by atoms with Crippen molar-refractivity contribution in [2.75, 3.05) is 11.9 Å². The SMILES string of the molecule is CC(=O)Nc1cn2nc(-c3cc(C(=O)NCc4cc(F)cc(F)c4OCC4CCCC4)c(C)nc3C)ccc2n1. The lowest BCUT2D eigenvalue weighted by molar-refractivity contribution is -0.114. The fourth-order valence-electron chi connectivity index (χ4n) is 5.04. The van der Waals surface area contributed by atoms with Crippen molar-refractivity contribution in [2.24, 2.45) is 5.92 Å². The second kappa shape index (κ2) is 11.4. The highest BCUT2D eigenvalue weighted by Crippen LogP contribution is 2.29. The maximum Gasteiger partial charge on any atom is 0.253 e. The van der Waals surface area contributed by atoms with Gasteiger partial charge in [0.2, 0.25) is 5.91 Å². The van der Waals surface area contributed by atoms with Gasteiger partial charge in [0.15, 0.2) is 23.0 Å². The Labute approximate surface area is 230 Å². The number of nitrogens with one attached hydrogen (secondary N) is 2. The summed E-state index contributed by atoms with van der Waals surface area (Å²) in [5.74, 6) is -1.55. The average molecular weight is 549 g/mol. The molecule has 0 aliphatic heterocycles. The van der Waals surface area contributed by atoms with Crippen molar-refractivity contribution in [3.05, 3.63) is 70.7 Å². The fraction of sp³-hybridized carbons (Fsp3) is 0.345. The van der Waals surface area contributed by atoms with Gasteiger partial charge in [-0.15, -0.1) is 0 Å². The number of carbonyl (C=O) groups excluding carboxylic acids is 2. The zero-order valence-electron chi connectivity index (χ0n) is 22.6.